The maximum absolute atomic E-state index is 12.0. The van der Waals surface area contributed by atoms with Gasteiger partial charge in [-0.2, -0.15) is 0 Å². The first-order chi connectivity index (χ1) is 8.16. The van der Waals surface area contributed by atoms with Crippen LogP contribution in [0.5, 0.6) is 0 Å². The van der Waals surface area contributed by atoms with E-state index in [2.05, 4.69) is 17.6 Å². The predicted molar refractivity (Wildman–Crippen MR) is 64.4 cm³/mol. The van der Waals surface area contributed by atoms with E-state index in [1.165, 1.54) is 0 Å². The SMILES string of the molecule is CC1CCN(C(=O)CC2NCCNC2=O)CC1. The molecule has 0 saturated carbocycles. The van der Waals surface area contributed by atoms with Crippen LogP contribution in [0.1, 0.15) is 26.2 Å². The fourth-order valence-corrected chi connectivity index (χ4v) is 2.37. The number of hydrogen-bond donors (Lipinski definition) is 2. The van der Waals surface area contributed by atoms with Crippen LogP contribution in [-0.2, 0) is 9.59 Å². The van der Waals surface area contributed by atoms with E-state index in [0.29, 0.717) is 13.0 Å². The molecular weight excluding hydrogens is 218 g/mol. The van der Waals surface area contributed by atoms with Gasteiger partial charge in [0, 0.05) is 26.2 Å². The Morgan fingerprint density at radius 2 is 2.06 bits per heavy atom. The fraction of sp³-hybridized carbons (Fsp3) is 0.833. The molecule has 0 aromatic rings. The van der Waals surface area contributed by atoms with Crippen molar-refractivity contribution in [2.75, 3.05) is 26.2 Å². The number of likely N-dealkylation sites (tertiary alicyclic amines) is 1. The highest BCUT2D eigenvalue weighted by molar-refractivity contribution is 5.88. The molecule has 5 heteroatoms. The molecule has 2 N–H and O–H groups in total. The maximum atomic E-state index is 12.0. The molecule has 0 radical (unpaired) electrons. The van der Waals surface area contributed by atoms with Gasteiger partial charge in [0.25, 0.3) is 0 Å². The second kappa shape index (κ2) is 5.49. The third-order valence-electron chi connectivity index (χ3n) is 3.65. The molecule has 2 heterocycles. The Morgan fingerprint density at radius 1 is 1.35 bits per heavy atom. The summed E-state index contributed by atoms with van der Waals surface area (Å²) >= 11 is 0. The lowest BCUT2D eigenvalue weighted by Gasteiger charge is -2.32. The molecule has 0 bridgehead atoms. The third-order valence-corrected chi connectivity index (χ3v) is 3.65. The first kappa shape index (κ1) is 12.4. The molecule has 2 amide bonds. The summed E-state index contributed by atoms with van der Waals surface area (Å²) in [6.07, 6.45) is 2.45. The summed E-state index contributed by atoms with van der Waals surface area (Å²) < 4.78 is 0. The Hall–Kier alpha value is -1.10. The number of rotatable bonds is 2. The van der Waals surface area contributed by atoms with Gasteiger partial charge in [0.05, 0.1) is 12.5 Å². The number of amides is 2. The van der Waals surface area contributed by atoms with Gasteiger partial charge in [-0.05, 0) is 18.8 Å². The topological polar surface area (TPSA) is 61.4 Å². The van der Waals surface area contributed by atoms with Gasteiger partial charge in [-0.15, -0.1) is 0 Å². The van der Waals surface area contributed by atoms with Crippen LogP contribution in [0, 0.1) is 5.92 Å². The molecule has 2 rings (SSSR count). The Bertz CT molecular complexity index is 298. The Balaban J connectivity index is 1.82. The lowest BCUT2D eigenvalue weighted by molar-refractivity contribution is -0.136. The molecule has 96 valence electrons. The van der Waals surface area contributed by atoms with Crippen molar-refractivity contribution in [3.05, 3.63) is 0 Å². The minimum atomic E-state index is -0.337. The van der Waals surface area contributed by atoms with Crippen LogP contribution in [0.15, 0.2) is 0 Å². The molecule has 2 aliphatic heterocycles. The van der Waals surface area contributed by atoms with Gasteiger partial charge in [0.2, 0.25) is 11.8 Å². The van der Waals surface area contributed by atoms with E-state index in [1.807, 2.05) is 4.90 Å². The lowest BCUT2D eigenvalue weighted by atomic mass is 9.98. The molecule has 17 heavy (non-hydrogen) atoms. The van der Waals surface area contributed by atoms with Crippen molar-refractivity contribution in [2.45, 2.75) is 32.2 Å². The average Bonchev–Trinajstić information content (AvgIpc) is 2.33. The van der Waals surface area contributed by atoms with Gasteiger partial charge in [0.15, 0.2) is 0 Å². The molecule has 0 aromatic carbocycles. The third kappa shape index (κ3) is 3.19. The van der Waals surface area contributed by atoms with Gasteiger partial charge in [-0.3, -0.25) is 9.59 Å². The van der Waals surface area contributed by atoms with E-state index >= 15 is 0 Å². The Labute approximate surface area is 102 Å². The van der Waals surface area contributed by atoms with Crippen LogP contribution in [0.2, 0.25) is 0 Å². The molecule has 2 aliphatic rings. The molecule has 0 spiro atoms. The zero-order valence-electron chi connectivity index (χ0n) is 10.4. The zero-order chi connectivity index (χ0) is 12.3. The molecule has 2 saturated heterocycles. The summed E-state index contributed by atoms with van der Waals surface area (Å²) in [5.41, 5.74) is 0. The van der Waals surface area contributed by atoms with Crippen LogP contribution in [0.25, 0.3) is 0 Å². The average molecular weight is 239 g/mol. The molecule has 0 aliphatic carbocycles. The number of piperidine rings is 1. The van der Waals surface area contributed by atoms with Crippen molar-refractivity contribution in [3.8, 4) is 0 Å². The van der Waals surface area contributed by atoms with Crippen molar-refractivity contribution in [2.24, 2.45) is 5.92 Å². The van der Waals surface area contributed by atoms with E-state index in [0.717, 1.165) is 38.4 Å². The molecule has 1 unspecified atom stereocenters. The second-order valence-corrected chi connectivity index (χ2v) is 5.07. The van der Waals surface area contributed by atoms with E-state index in [1.54, 1.807) is 0 Å². The molecule has 2 fully saturated rings. The smallest absolute Gasteiger partial charge is 0.237 e. The lowest BCUT2D eigenvalue weighted by Crippen LogP contribution is -2.54. The number of hydrogen-bond acceptors (Lipinski definition) is 3. The quantitative estimate of drug-likeness (QED) is 0.697. The van der Waals surface area contributed by atoms with Crippen molar-refractivity contribution in [3.63, 3.8) is 0 Å². The Kier molecular flexibility index (Phi) is 3.99. The van der Waals surface area contributed by atoms with E-state index < -0.39 is 0 Å². The van der Waals surface area contributed by atoms with Gasteiger partial charge >= 0.3 is 0 Å². The first-order valence-corrected chi connectivity index (χ1v) is 6.45. The van der Waals surface area contributed by atoms with Crippen molar-refractivity contribution >= 4 is 11.8 Å². The summed E-state index contributed by atoms with van der Waals surface area (Å²) in [7, 11) is 0. The Morgan fingerprint density at radius 3 is 2.71 bits per heavy atom. The van der Waals surface area contributed by atoms with Crippen LogP contribution in [0.3, 0.4) is 0 Å². The van der Waals surface area contributed by atoms with Gasteiger partial charge in [0.1, 0.15) is 0 Å². The zero-order valence-corrected chi connectivity index (χ0v) is 10.4. The highest BCUT2D eigenvalue weighted by Gasteiger charge is 2.27. The van der Waals surface area contributed by atoms with Crippen LogP contribution in [-0.4, -0.2) is 48.9 Å². The minimum Gasteiger partial charge on any atom is -0.353 e. The van der Waals surface area contributed by atoms with Crippen LogP contribution < -0.4 is 10.6 Å². The summed E-state index contributed by atoms with van der Waals surface area (Å²) in [4.78, 5) is 25.4. The number of carbonyl (C=O) groups is 2. The standard InChI is InChI=1S/C12H21N3O2/c1-9-2-6-15(7-3-9)11(16)8-10-12(17)14-5-4-13-10/h9-10,13H,2-8H2,1H3,(H,14,17). The molecular formula is C12H21N3O2. The monoisotopic (exact) mass is 239 g/mol. The van der Waals surface area contributed by atoms with Crippen molar-refractivity contribution in [1.29, 1.82) is 0 Å². The molecule has 5 nitrogen and oxygen atoms in total. The summed E-state index contributed by atoms with van der Waals surface area (Å²) in [6, 6.07) is -0.337. The van der Waals surface area contributed by atoms with Crippen molar-refractivity contribution < 1.29 is 9.59 Å². The van der Waals surface area contributed by atoms with E-state index in [4.69, 9.17) is 0 Å². The summed E-state index contributed by atoms with van der Waals surface area (Å²) in [5.74, 6) is 0.775. The number of carbonyl (C=O) groups excluding carboxylic acids is 2. The number of nitrogens with one attached hydrogen (secondary N) is 2. The molecule has 0 aromatic heterocycles. The van der Waals surface area contributed by atoms with Gasteiger partial charge < -0.3 is 15.5 Å². The van der Waals surface area contributed by atoms with E-state index in [-0.39, 0.29) is 17.9 Å². The first-order valence-electron chi connectivity index (χ1n) is 6.45. The van der Waals surface area contributed by atoms with E-state index in [9.17, 15) is 9.59 Å². The predicted octanol–water partition coefficient (Wildman–Crippen LogP) is -0.277. The van der Waals surface area contributed by atoms with Crippen LogP contribution in [0.4, 0.5) is 0 Å². The number of nitrogens with zero attached hydrogens (tertiary/aromatic N) is 1. The second-order valence-electron chi connectivity index (χ2n) is 5.07. The highest BCUT2D eigenvalue weighted by atomic mass is 16.2. The van der Waals surface area contributed by atoms with Gasteiger partial charge in [-0.25, -0.2) is 0 Å². The minimum absolute atomic E-state index is 0.0463. The van der Waals surface area contributed by atoms with Gasteiger partial charge in [-0.1, -0.05) is 6.92 Å². The van der Waals surface area contributed by atoms with Crippen molar-refractivity contribution in [1.82, 2.24) is 15.5 Å². The largest absolute Gasteiger partial charge is 0.353 e. The normalized spacial score (nSPS) is 26.8. The fourth-order valence-electron chi connectivity index (χ4n) is 2.37. The number of piperazine rings is 1. The van der Waals surface area contributed by atoms with Crippen LogP contribution >= 0.6 is 0 Å². The maximum Gasteiger partial charge on any atom is 0.237 e. The summed E-state index contributed by atoms with van der Waals surface area (Å²) in [5, 5.41) is 5.86. The highest BCUT2D eigenvalue weighted by Crippen LogP contribution is 2.17. The molecule has 1 atom stereocenters. The summed E-state index contributed by atoms with van der Waals surface area (Å²) in [6.45, 7) is 5.31.